The Morgan fingerprint density at radius 1 is 0.972 bits per heavy atom. The van der Waals surface area contributed by atoms with E-state index in [-0.39, 0.29) is 11.2 Å². The lowest BCUT2D eigenvalue weighted by Crippen LogP contribution is -2.27. The standard InChI is InChI=1S/C28H22BrF3N2OS/c1-27(2)14-24-22(25(35)15-27)13-23(17-3-6-19(29)7-4-17)34(24)20-8-10-21(11-9-20)36-26-12-5-18(16-33-26)28(30,31)32/h3-13,16H,14-15H2,1-2H3. The minimum absolute atomic E-state index is 0.138. The number of pyridine rings is 1. The minimum atomic E-state index is -4.41. The molecule has 5 rings (SSSR count). The third-order valence-corrected chi connectivity index (χ3v) is 7.70. The Balaban J connectivity index is 1.51. The highest BCUT2D eigenvalue weighted by atomic mass is 79.9. The molecule has 3 nitrogen and oxygen atoms in total. The summed E-state index contributed by atoms with van der Waals surface area (Å²) < 4.78 is 41.6. The molecule has 0 N–H and O–H groups in total. The van der Waals surface area contributed by atoms with E-state index in [9.17, 15) is 18.0 Å². The number of carbonyl (C=O) groups excluding carboxylic acids is 1. The molecule has 36 heavy (non-hydrogen) atoms. The van der Waals surface area contributed by atoms with Crippen LogP contribution in [0.1, 0.15) is 41.9 Å². The van der Waals surface area contributed by atoms with Gasteiger partial charge in [-0.2, -0.15) is 13.2 Å². The van der Waals surface area contributed by atoms with Crippen LogP contribution in [0.4, 0.5) is 13.2 Å². The van der Waals surface area contributed by atoms with Crippen LogP contribution in [0.5, 0.6) is 0 Å². The number of alkyl halides is 3. The quantitative estimate of drug-likeness (QED) is 0.246. The van der Waals surface area contributed by atoms with Crippen molar-refractivity contribution in [3.8, 4) is 16.9 Å². The van der Waals surface area contributed by atoms with Gasteiger partial charge in [0.2, 0.25) is 0 Å². The van der Waals surface area contributed by atoms with E-state index in [0.717, 1.165) is 56.3 Å². The van der Waals surface area contributed by atoms with Gasteiger partial charge in [0.25, 0.3) is 0 Å². The van der Waals surface area contributed by atoms with Gasteiger partial charge in [0, 0.05) is 38.9 Å². The van der Waals surface area contributed by atoms with Crippen molar-refractivity contribution >= 4 is 33.5 Å². The molecule has 2 aromatic heterocycles. The van der Waals surface area contributed by atoms with Crippen LogP contribution in [0.15, 0.2) is 87.3 Å². The maximum Gasteiger partial charge on any atom is 0.417 e. The molecular formula is C28H22BrF3N2OS. The van der Waals surface area contributed by atoms with Gasteiger partial charge in [-0.1, -0.05) is 53.7 Å². The average molecular weight is 571 g/mol. The third-order valence-electron chi connectivity index (χ3n) is 6.21. The Kier molecular flexibility index (Phi) is 6.37. The van der Waals surface area contributed by atoms with E-state index in [2.05, 4.69) is 39.3 Å². The van der Waals surface area contributed by atoms with Crippen LogP contribution in [-0.2, 0) is 12.6 Å². The van der Waals surface area contributed by atoms with Gasteiger partial charge >= 0.3 is 6.18 Å². The largest absolute Gasteiger partial charge is 0.417 e. The van der Waals surface area contributed by atoms with Gasteiger partial charge in [0.1, 0.15) is 5.03 Å². The predicted octanol–water partition coefficient (Wildman–Crippen LogP) is 8.63. The van der Waals surface area contributed by atoms with Gasteiger partial charge in [-0.05, 0) is 72.0 Å². The highest BCUT2D eigenvalue weighted by molar-refractivity contribution is 9.10. The monoisotopic (exact) mass is 570 g/mol. The van der Waals surface area contributed by atoms with E-state index in [1.54, 1.807) is 0 Å². The number of aromatic nitrogens is 2. The summed E-state index contributed by atoms with van der Waals surface area (Å²) in [6.07, 6.45) is -2.27. The molecule has 0 bridgehead atoms. The van der Waals surface area contributed by atoms with E-state index in [4.69, 9.17) is 0 Å². The molecule has 2 heterocycles. The second-order valence-corrected chi connectivity index (χ2v) is 11.7. The molecule has 1 aliphatic rings. The molecule has 0 saturated heterocycles. The Labute approximate surface area is 219 Å². The van der Waals surface area contributed by atoms with E-state index in [0.29, 0.717) is 11.4 Å². The summed E-state index contributed by atoms with van der Waals surface area (Å²) in [5.74, 6) is 0.152. The van der Waals surface area contributed by atoms with Gasteiger partial charge in [0.15, 0.2) is 5.78 Å². The summed E-state index contributed by atoms with van der Waals surface area (Å²) in [5, 5.41) is 0.483. The van der Waals surface area contributed by atoms with Crippen molar-refractivity contribution < 1.29 is 18.0 Å². The Bertz CT molecular complexity index is 1420. The summed E-state index contributed by atoms with van der Waals surface area (Å²) in [6.45, 7) is 4.22. The lowest BCUT2D eigenvalue weighted by Gasteiger charge is -2.30. The number of ketones is 1. The van der Waals surface area contributed by atoms with Crippen LogP contribution in [0.25, 0.3) is 16.9 Å². The Hall–Kier alpha value is -2.84. The molecule has 0 amide bonds. The molecule has 0 radical (unpaired) electrons. The summed E-state index contributed by atoms with van der Waals surface area (Å²) in [5.41, 5.74) is 3.73. The number of fused-ring (bicyclic) bond motifs is 1. The maximum absolute atomic E-state index is 13.0. The zero-order valence-electron chi connectivity index (χ0n) is 19.6. The van der Waals surface area contributed by atoms with Crippen molar-refractivity contribution in [2.45, 2.75) is 42.8 Å². The second kappa shape index (κ2) is 9.23. The van der Waals surface area contributed by atoms with Gasteiger partial charge in [0.05, 0.1) is 11.3 Å². The number of rotatable bonds is 4. The Morgan fingerprint density at radius 2 is 1.67 bits per heavy atom. The van der Waals surface area contributed by atoms with E-state index < -0.39 is 11.7 Å². The molecule has 0 aliphatic heterocycles. The first-order valence-electron chi connectivity index (χ1n) is 11.4. The number of hydrogen-bond acceptors (Lipinski definition) is 3. The molecule has 0 saturated carbocycles. The normalized spacial score (nSPS) is 15.1. The smallest absolute Gasteiger partial charge is 0.313 e. The van der Waals surface area contributed by atoms with E-state index in [1.807, 2.05) is 54.6 Å². The third kappa shape index (κ3) is 5.02. The van der Waals surface area contributed by atoms with Gasteiger partial charge in [-0.3, -0.25) is 4.79 Å². The fourth-order valence-corrected chi connectivity index (χ4v) is 5.55. The van der Waals surface area contributed by atoms with E-state index in [1.165, 1.54) is 17.8 Å². The summed E-state index contributed by atoms with van der Waals surface area (Å²) in [6, 6.07) is 20.2. The topological polar surface area (TPSA) is 34.9 Å². The second-order valence-electron chi connectivity index (χ2n) is 9.65. The summed E-state index contributed by atoms with van der Waals surface area (Å²) in [7, 11) is 0. The molecule has 0 spiro atoms. The van der Waals surface area contributed by atoms with Crippen LogP contribution in [0, 0.1) is 5.41 Å². The van der Waals surface area contributed by atoms with Crippen molar-refractivity contribution in [2.24, 2.45) is 5.41 Å². The van der Waals surface area contributed by atoms with E-state index >= 15 is 0 Å². The fourth-order valence-electron chi connectivity index (χ4n) is 4.53. The SMILES string of the molecule is CC1(C)CC(=O)c2cc(-c3ccc(Br)cc3)n(-c3ccc(Sc4ccc(C(F)(F)F)cn4)cc3)c2C1. The molecule has 1 aliphatic carbocycles. The molecular weight excluding hydrogens is 549 g/mol. The summed E-state index contributed by atoms with van der Waals surface area (Å²) in [4.78, 5) is 17.8. The molecule has 0 unspecified atom stereocenters. The average Bonchev–Trinajstić information content (AvgIpc) is 3.18. The summed E-state index contributed by atoms with van der Waals surface area (Å²) >= 11 is 4.78. The number of benzene rings is 2. The number of halogens is 4. The molecule has 184 valence electrons. The minimum Gasteiger partial charge on any atom is -0.313 e. The number of hydrogen-bond donors (Lipinski definition) is 0. The molecule has 4 aromatic rings. The first-order chi connectivity index (χ1) is 17.0. The van der Waals surface area contributed by atoms with Crippen LogP contribution < -0.4 is 0 Å². The highest BCUT2D eigenvalue weighted by Gasteiger charge is 2.35. The van der Waals surface area contributed by atoms with Crippen molar-refractivity contribution in [3.63, 3.8) is 0 Å². The zero-order valence-corrected chi connectivity index (χ0v) is 22.0. The van der Waals surface area contributed by atoms with Gasteiger partial charge in [-0.25, -0.2) is 4.98 Å². The number of nitrogens with zero attached hydrogens (tertiary/aromatic N) is 2. The predicted molar refractivity (Wildman–Crippen MR) is 139 cm³/mol. The van der Waals surface area contributed by atoms with Crippen molar-refractivity contribution in [1.29, 1.82) is 0 Å². The van der Waals surface area contributed by atoms with Crippen molar-refractivity contribution in [3.05, 3.63) is 94.2 Å². The molecule has 0 fully saturated rings. The van der Waals surface area contributed by atoms with Crippen LogP contribution in [0.2, 0.25) is 0 Å². The first kappa shape index (κ1) is 24.8. The highest BCUT2D eigenvalue weighted by Crippen LogP contribution is 2.41. The molecule has 2 aromatic carbocycles. The zero-order chi connectivity index (χ0) is 25.7. The van der Waals surface area contributed by atoms with Gasteiger partial charge in [-0.15, -0.1) is 0 Å². The number of carbonyl (C=O) groups is 1. The first-order valence-corrected chi connectivity index (χ1v) is 13.0. The van der Waals surface area contributed by atoms with Crippen molar-refractivity contribution in [2.75, 3.05) is 0 Å². The van der Waals surface area contributed by atoms with Crippen LogP contribution in [0.3, 0.4) is 0 Å². The van der Waals surface area contributed by atoms with Gasteiger partial charge < -0.3 is 4.57 Å². The van der Waals surface area contributed by atoms with Crippen molar-refractivity contribution in [1.82, 2.24) is 9.55 Å². The lowest BCUT2D eigenvalue weighted by atomic mass is 9.76. The van der Waals surface area contributed by atoms with Crippen LogP contribution >= 0.6 is 27.7 Å². The lowest BCUT2D eigenvalue weighted by molar-refractivity contribution is -0.137. The molecule has 0 atom stereocenters. The fraction of sp³-hybridized carbons (Fsp3) is 0.214. The van der Waals surface area contributed by atoms with Crippen LogP contribution in [-0.4, -0.2) is 15.3 Å². The molecule has 8 heteroatoms. The number of Topliss-reactive ketones (excluding diaryl/α,β-unsaturated/α-hetero) is 1. The maximum atomic E-state index is 13.0. The Morgan fingerprint density at radius 3 is 2.28 bits per heavy atom.